The van der Waals surface area contributed by atoms with Crippen molar-refractivity contribution >= 4 is 0 Å². The summed E-state index contributed by atoms with van der Waals surface area (Å²) in [5.41, 5.74) is 7.99. The minimum absolute atomic E-state index is 0.209. The Bertz CT molecular complexity index is 439. The van der Waals surface area contributed by atoms with E-state index in [0.717, 1.165) is 12.0 Å². The smallest absolute Gasteiger partial charge is 0.0761 e. The number of nitrogens with two attached hydrogens (primary N) is 1. The summed E-state index contributed by atoms with van der Waals surface area (Å²) in [6.45, 7) is 3.85. The third-order valence-corrected chi connectivity index (χ3v) is 2.95. The van der Waals surface area contributed by atoms with Gasteiger partial charge in [0.2, 0.25) is 0 Å². The van der Waals surface area contributed by atoms with Crippen LogP contribution in [0.25, 0.3) is 0 Å². The number of aliphatic hydroxyl groups excluding tert-OH is 1. The monoisotopic (exact) mass is 257 g/mol. The molecule has 2 aromatic carbocycles. The quantitative estimate of drug-likeness (QED) is 0.877. The molecule has 0 heterocycles. The van der Waals surface area contributed by atoms with E-state index in [9.17, 15) is 0 Å². The van der Waals surface area contributed by atoms with Gasteiger partial charge in [-0.15, -0.1) is 0 Å². The van der Waals surface area contributed by atoms with E-state index >= 15 is 0 Å². The molecule has 0 unspecified atom stereocenters. The van der Waals surface area contributed by atoms with Crippen molar-refractivity contribution in [1.82, 2.24) is 0 Å². The Morgan fingerprint density at radius 3 is 1.63 bits per heavy atom. The van der Waals surface area contributed by atoms with Crippen molar-refractivity contribution in [3.05, 3.63) is 71.8 Å². The third kappa shape index (κ3) is 5.69. The van der Waals surface area contributed by atoms with Gasteiger partial charge in [-0.1, -0.05) is 67.6 Å². The van der Waals surface area contributed by atoms with Crippen LogP contribution in [-0.2, 0) is 0 Å². The fraction of sp³-hybridized carbons (Fsp3) is 0.294. The second-order valence-corrected chi connectivity index (χ2v) is 4.51. The molecule has 0 saturated heterocycles. The Kier molecular flexibility index (Phi) is 6.86. The van der Waals surface area contributed by atoms with Gasteiger partial charge in [0.1, 0.15) is 0 Å². The highest BCUT2D eigenvalue weighted by Gasteiger charge is 1.99. The van der Waals surface area contributed by atoms with Gasteiger partial charge in [0.05, 0.1) is 6.10 Å². The summed E-state index contributed by atoms with van der Waals surface area (Å²) in [5, 5.41) is 9.02. The summed E-state index contributed by atoms with van der Waals surface area (Å²) in [5.74, 6) is 0. The maximum atomic E-state index is 9.02. The Labute approximate surface area is 115 Å². The molecular formula is C17H23NO. The van der Waals surface area contributed by atoms with Crippen LogP contribution < -0.4 is 5.73 Å². The van der Waals surface area contributed by atoms with E-state index in [0.29, 0.717) is 0 Å². The molecule has 19 heavy (non-hydrogen) atoms. The minimum atomic E-state index is -0.341. The van der Waals surface area contributed by atoms with Crippen molar-refractivity contribution in [2.75, 3.05) is 0 Å². The zero-order valence-corrected chi connectivity index (χ0v) is 11.7. The molecule has 0 aliphatic rings. The molecule has 2 heteroatoms. The Morgan fingerprint density at radius 2 is 1.32 bits per heavy atom. The summed E-state index contributed by atoms with van der Waals surface area (Å²) >= 11 is 0. The van der Waals surface area contributed by atoms with Crippen LogP contribution >= 0.6 is 0 Å². The lowest BCUT2D eigenvalue weighted by molar-refractivity contribution is 0.199. The lowest BCUT2D eigenvalue weighted by Crippen LogP contribution is -2.07. The molecule has 0 radical (unpaired) electrons. The molecule has 0 fully saturated rings. The second-order valence-electron chi connectivity index (χ2n) is 4.51. The Morgan fingerprint density at radius 1 is 0.895 bits per heavy atom. The average Bonchev–Trinajstić information content (AvgIpc) is 2.49. The molecule has 0 aliphatic heterocycles. The van der Waals surface area contributed by atoms with E-state index in [2.05, 4.69) is 19.1 Å². The summed E-state index contributed by atoms with van der Waals surface area (Å²) in [7, 11) is 0. The first-order valence-electron chi connectivity index (χ1n) is 6.68. The molecule has 2 aromatic rings. The molecule has 0 spiro atoms. The van der Waals surface area contributed by atoms with E-state index in [1.807, 2.05) is 48.5 Å². The molecule has 2 rings (SSSR count). The molecule has 102 valence electrons. The van der Waals surface area contributed by atoms with E-state index in [1.54, 1.807) is 6.92 Å². The van der Waals surface area contributed by atoms with Crippen molar-refractivity contribution in [3.8, 4) is 0 Å². The van der Waals surface area contributed by atoms with Gasteiger partial charge in [-0.25, -0.2) is 0 Å². The van der Waals surface area contributed by atoms with Gasteiger partial charge >= 0.3 is 0 Å². The van der Waals surface area contributed by atoms with Gasteiger partial charge in [-0.05, 0) is 24.5 Å². The van der Waals surface area contributed by atoms with Crippen LogP contribution in [0.15, 0.2) is 60.7 Å². The molecular weight excluding hydrogens is 234 g/mol. The van der Waals surface area contributed by atoms with Gasteiger partial charge in [-0.2, -0.15) is 0 Å². The standard InChI is InChI=1S/C9H13N.C8H10O/c1-2-9(10)8-6-4-3-5-7-8;1-7(9)8-5-3-2-4-6-8/h3-7,9H,2,10H2,1H3;2-7,9H,1H3/t9-;7-/m10/s1. The Hall–Kier alpha value is -1.64. The predicted octanol–water partition coefficient (Wildman–Crippen LogP) is 3.84. The topological polar surface area (TPSA) is 46.2 Å². The van der Waals surface area contributed by atoms with Gasteiger partial charge < -0.3 is 10.8 Å². The van der Waals surface area contributed by atoms with E-state index < -0.39 is 0 Å². The summed E-state index contributed by atoms with van der Waals surface area (Å²) < 4.78 is 0. The molecule has 0 aromatic heterocycles. The number of hydrogen-bond acceptors (Lipinski definition) is 2. The van der Waals surface area contributed by atoms with Crippen LogP contribution in [0, 0.1) is 0 Å². The van der Waals surface area contributed by atoms with Crippen LogP contribution in [0.3, 0.4) is 0 Å². The fourth-order valence-corrected chi connectivity index (χ4v) is 1.67. The van der Waals surface area contributed by atoms with Crippen LogP contribution in [0.1, 0.15) is 43.5 Å². The number of rotatable bonds is 3. The Balaban J connectivity index is 0.000000191. The van der Waals surface area contributed by atoms with Crippen molar-refractivity contribution in [2.24, 2.45) is 5.73 Å². The van der Waals surface area contributed by atoms with Crippen LogP contribution in [0.2, 0.25) is 0 Å². The maximum absolute atomic E-state index is 9.02. The number of aliphatic hydroxyl groups is 1. The first kappa shape index (κ1) is 15.4. The number of benzene rings is 2. The maximum Gasteiger partial charge on any atom is 0.0761 e. The largest absolute Gasteiger partial charge is 0.389 e. The predicted molar refractivity (Wildman–Crippen MR) is 80.7 cm³/mol. The van der Waals surface area contributed by atoms with Crippen LogP contribution in [-0.4, -0.2) is 5.11 Å². The van der Waals surface area contributed by atoms with E-state index in [1.165, 1.54) is 5.56 Å². The molecule has 0 bridgehead atoms. The fourth-order valence-electron chi connectivity index (χ4n) is 1.67. The molecule has 2 nitrogen and oxygen atoms in total. The van der Waals surface area contributed by atoms with Crippen molar-refractivity contribution in [3.63, 3.8) is 0 Å². The zero-order chi connectivity index (χ0) is 14.1. The third-order valence-electron chi connectivity index (χ3n) is 2.95. The summed E-state index contributed by atoms with van der Waals surface area (Å²) in [4.78, 5) is 0. The highest BCUT2D eigenvalue weighted by Crippen LogP contribution is 2.11. The van der Waals surface area contributed by atoms with Crippen molar-refractivity contribution in [2.45, 2.75) is 32.4 Å². The highest BCUT2D eigenvalue weighted by molar-refractivity contribution is 5.18. The lowest BCUT2D eigenvalue weighted by Gasteiger charge is -2.06. The molecule has 2 atom stereocenters. The van der Waals surface area contributed by atoms with E-state index in [4.69, 9.17) is 10.8 Å². The van der Waals surface area contributed by atoms with Gasteiger partial charge in [0.25, 0.3) is 0 Å². The molecule has 0 amide bonds. The zero-order valence-electron chi connectivity index (χ0n) is 11.7. The number of hydrogen-bond donors (Lipinski definition) is 2. The minimum Gasteiger partial charge on any atom is -0.389 e. The lowest BCUT2D eigenvalue weighted by atomic mass is 10.1. The van der Waals surface area contributed by atoms with Gasteiger partial charge in [-0.3, -0.25) is 0 Å². The van der Waals surface area contributed by atoms with Crippen LogP contribution in [0.5, 0.6) is 0 Å². The summed E-state index contributed by atoms with van der Waals surface area (Å²) in [6.07, 6.45) is 0.662. The SMILES string of the molecule is CC[C@@H](N)c1ccccc1.C[C@H](O)c1ccccc1. The second kappa shape index (κ2) is 8.46. The van der Waals surface area contributed by atoms with Crippen molar-refractivity contribution < 1.29 is 5.11 Å². The van der Waals surface area contributed by atoms with Gasteiger partial charge in [0.15, 0.2) is 0 Å². The first-order chi connectivity index (χ1) is 9.15. The van der Waals surface area contributed by atoms with Crippen molar-refractivity contribution in [1.29, 1.82) is 0 Å². The van der Waals surface area contributed by atoms with Gasteiger partial charge in [0, 0.05) is 6.04 Å². The molecule has 0 aliphatic carbocycles. The van der Waals surface area contributed by atoms with Crippen LogP contribution in [0.4, 0.5) is 0 Å². The molecule has 0 saturated carbocycles. The highest BCUT2D eigenvalue weighted by atomic mass is 16.3. The first-order valence-corrected chi connectivity index (χ1v) is 6.68. The normalized spacial score (nSPS) is 13.1. The average molecular weight is 257 g/mol. The van der Waals surface area contributed by atoms with E-state index in [-0.39, 0.29) is 12.1 Å². The molecule has 3 N–H and O–H groups in total. The summed E-state index contributed by atoms with van der Waals surface area (Å²) in [6, 6.07) is 20.0.